The van der Waals surface area contributed by atoms with Crippen LogP contribution in [0.4, 0.5) is 5.82 Å². The van der Waals surface area contributed by atoms with E-state index >= 15 is 0 Å². The zero-order valence-corrected chi connectivity index (χ0v) is 11.9. The van der Waals surface area contributed by atoms with Crippen molar-refractivity contribution in [3.05, 3.63) is 22.7 Å². The number of rotatable bonds is 6. The molecule has 106 valence electrons. The number of hydrogen-bond donors (Lipinski definition) is 2. The number of hydrogen-bond acceptors (Lipinski definition) is 4. The maximum absolute atomic E-state index is 12.2. The summed E-state index contributed by atoms with van der Waals surface area (Å²) in [5.74, 6) is 0.928. The third kappa shape index (κ3) is 4.06. The lowest BCUT2D eigenvalue weighted by molar-refractivity contribution is 0.509. The SMILES string of the molecule is CC(C)Cn1ccnc(NCC[C@@H]2CCCN2)c1=O. The van der Waals surface area contributed by atoms with E-state index in [0.717, 1.165) is 26.1 Å². The Bertz CT molecular complexity index is 449. The van der Waals surface area contributed by atoms with Crippen LogP contribution in [0.2, 0.25) is 0 Å². The van der Waals surface area contributed by atoms with Crippen molar-refractivity contribution in [1.29, 1.82) is 0 Å². The van der Waals surface area contributed by atoms with Gasteiger partial charge in [-0.25, -0.2) is 4.98 Å². The van der Waals surface area contributed by atoms with Gasteiger partial charge in [0, 0.05) is 31.5 Å². The summed E-state index contributed by atoms with van der Waals surface area (Å²) in [5, 5.41) is 6.62. The van der Waals surface area contributed by atoms with E-state index in [1.807, 2.05) is 0 Å². The number of nitrogens with zero attached hydrogens (tertiary/aromatic N) is 2. The Kier molecular flexibility index (Phi) is 4.96. The quantitative estimate of drug-likeness (QED) is 0.816. The Labute approximate surface area is 114 Å². The maximum Gasteiger partial charge on any atom is 0.293 e. The molecule has 0 amide bonds. The monoisotopic (exact) mass is 264 g/mol. The predicted molar refractivity (Wildman–Crippen MR) is 77.5 cm³/mol. The molecule has 1 aliphatic rings. The minimum absolute atomic E-state index is 0.0180. The topological polar surface area (TPSA) is 59.0 Å². The molecular formula is C14H24N4O. The summed E-state index contributed by atoms with van der Waals surface area (Å²) < 4.78 is 1.73. The van der Waals surface area contributed by atoms with E-state index in [1.165, 1.54) is 12.8 Å². The molecular weight excluding hydrogens is 240 g/mol. The highest BCUT2D eigenvalue weighted by molar-refractivity contribution is 5.30. The van der Waals surface area contributed by atoms with Crippen LogP contribution in [0.25, 0.3) is 0 Å². The van der Waals surface area contributed by atoms with Crippen LogP contribution in [0.15, 0.2) is 17.2 Å². The molecule has 2 N–H and O–H groups in total. The fraction of sp³-hybridized carbons (Fsp3) is 0.714. The highest BCUT2D eigenvalue weighted by Gasteiger charge is 2.13. The van der Waals surface area contributed by atoms with E-state index in [0.29, 0.717) is 17.8 Å². The number of anilines is 1. The van der Waals surface area contributed by atoms with Gasteiger partial charge in [0.05, 0.1) is 0 Å². The van der Waals surface area contributed by atoms with Crippen LogP contribution in [0.1, 0.15) is 33.1 Å². The minimum atomic E-state index is -0.0180. The number of aromatic nitrogens is 2. The second-order valence-electron chi connectivity index (χ2n) is 5.64. The lowest BCUT2D eigenvalue weighted by Gasteiger charge is -2.12. The highest BCUT2D eigenvalue weighted by atomic mass is 16.1. The van der Waals surface area contributed by atoms with Crippen molar-refractivity contribution < 1.29 is 0 Å². The molecule has 2 rings (SSSR count). The van der Waals surface area contributed by atoms with Crippen molar-refractivity contribution in [2.24, 2.45) is 5.92 Å². The molecule has 5 nitrogen and oxygen atoms in total. The van der Waals surface area contributed by atoms with Gasteiger partial charge in [0.25, 0.3) is 5.56 Å². The van der Waals surface area contributed by atoms with Crippen molar-refractivity contribution >= 4 is 5.82 Å². The molecule has 1 atom stereocenters. The first-order chi connectivity index (χ1) is 9.16. The molecule has 1 fully saturated rings. The standard InChI is InChI=1S/C14H24N4O/c1-11(2)10-18-9-8-17-13(14(18)19)16-7-5-12-4-3-6-15-12/h8-9,11-12,15H,3-7,10H2,1-2H3,(H,16,17)/t12-/m0/s1. The van der Waals surface area contributed by atoms with Crippen LogP contribution in [-0.4, -0.2) is 28.7 Å². The van der Waals surface area contributed by atoms with Gasteiger partial charge in [-0.2, -0.15) is 0 Å². The Morgan fingerprint density at radius 1 is 1.58 bits per heavy atom. The van der Waals surface area contributed by atoms with Crippen molar-refractivity contribution in [2.45, 2.75) is 45.7 Å². The molecule has 0 unspecified atom stereocenters. The molecule has 0 aromatic carbocycles. The zero-order valence-electron chi connectivity index (χ0n) is 11.9. The summed E-state index contributed by atoms with van der Waals surface area (Å²) in [6.45, 7) is 6.86. The second kappa shape index (κ2) is 6.70. The molecule has 0 spiro atoms. The highest BCUT2D eigenvalue weighted by Crippen LogP contribution is 2.08. The van der Waals surface area contributed by atoms with Gasteiger partial charge in [-0.1, -0.05) is 13.8 Å². The van der Waals surface area contributed by atoms with Gasteiger partial charge in [0.1, 0.15) is 0 Å². The van der Waals surface area contributed by atoms with Crippen molar-refractivity contribution in [2.75, 3.05) is 18.4 Å². The molecule has 0 aliphatic carbocycles. The lowest BCUT2D eigenvalue weighted by atomic mass is 10.1. The van der Waals surface area contributed by atoms with Gasteiger partial charge in [0.2, 0.25) is 0 Å². The Hall–Kier alpha value is -1.36. The van der Waals surface area contributed by atoms with Crippen LogP contribution >= 0.6 is 0 Å². The molecule has 1 aromatic rings. The summed E-state index contributed by atoms with van der Waals surface area (Å²) in [5.41, 5.74) is -0.0180. The third-order valence-electron chi connectivity index (χ3n) is 3.42. The average molecular weight is 264 g/mol. The van der Waals surface area contributed by atoms with E-state index in [9.17, 15) is 4.79 Å². The van der Waals surface area contributed by atoms with Crippen LogP contribution in [-0.2, 0) is 6.54 Å². The van der Waals surface area contributed by atoms with Gasteiger partial charge in [-0.05, 0) is 31.7 Å². The van der Waals surface area contributed by atoms with Crippen LogP contribution in [0.5, 0.6) is 0 Å². The molecule has 0 saturated carbocycles. The van der Waals surface area contributed by atoms with Gasteiger partial charge in [0.15, 0.2) is 5.82 Å². The molecule has 0 bridgehead atoms. The molecule has 5 heteroatoms. The van der Waals surface area contributed by atoms with E-state index in [4.69, 9.17) is 0 Å². The molecule has 1 saturated heterocycles. The smallest absolute Gasteiger partial charge is 0.293 e. The molecule has 2 heterocycles. The molecule has 1 aliphatic heterocycles. The molecule has 1 aromatic heterocycles. The predicted octanol–water partition coefficient (Wildman–Crippen LogP) is 1.45. The van der Waals surface area contributed by atoms with Crippen LogP contribution in [0, 0.1) is 5.92 Å². The normalized spacial score (nSPS) is 19.0. The fourth-order valence-electron chi connectivity index (χ4n) is 2.47. The average Bonchev–Trinajstić information content (AvgIpc) is 2.86. The lowest BCUT2D eigenvalue weighted by Crippen LogP contribution is -2.28. The minimum Gasteiger partial charge on any atom is -0.365 e. The first kappa shape index (κ1) is 14.1. The summed E-state index contributed by atoms with van der Waals surface area (Å²) in [7, 11) is 0. The summed E-state index contributed by atoms with van der Waals surface area (Å²) in [4.78, 5) is 16.3. The third-order valence-corrected chi connectivity index (χ3v) is 3.42. The van der Waals surface area contributed by atoms with Gasteiger partial charge < -0.3 is 15.2 Å². The summed E-state index contributed by atoms with van der Waals surface area (Å²) in [6.07, 6.45) is 6.99. The molecule has 19 heavy (non-hydrogen) atoms. The summed E-state index contributed by atoms with van der Waals surface area (Å²) in [6, 6.07) is 0.592. The van der Waals surface area contributed by atoms with Crippen LogP contribution < -0.4 is 16.2 Å². The number of nitrogens with one attached hydrogen (secondary N) is 2. The maximum atomic E-state index is 12.2. The van der Waals surface area contributed by atoms with E-state index in [-0.39, 0.29) is 5.56 Å². The Morgan fingerprint density at radius 3 is 3.11 bits per heavy atom. The fourth-order valence-corrected chi connectivity index (χ4v) is 2.47. The zero-order chi connectivity index (χ0) is 13.7. The first-order valence-corrected chi connectivity index (χ1v) is 7.19. The van der Waals surface area contributed by atoms with Gasteiger partial charge in [-0.15, -0.1) is 0 Å². The largest absolute Gasteiger partial charge is 0.365 e. The molecule has 0 radical (unpaired) electrons. The van der Waals surface area contributed by atoms with Crippen molar-refractivity contribution in [3.8, 4) is 0 Å². The van der Waals surface area contributed by atoms with Crippen LogP contribution in [0.3, 0.4) is 0 Å². The Morgan fingerprint density at radius 2 is 2.42 bits per heavy atom. The van der Waals surface area contributed by atoms with E-state index in [2.05, 4.69) is 29.5 Å². The van der Waals surface area contributed by atoms with E-state index in [1.54, 1.807) is 17.0 Å². The van der Waals surface area contributed by atoms with Crippen molar-refractivity contribution in [1.82, 2.24) is 14.9 Å². The first-order valence-electron chi connectivity index (χ1n) is 7.19. The second-order valence-corrected chi connectivity index (χ2v) is 5.64. The van der Waals surface area contributed by atoms with Gasteiger partial charge >= 0.3 is 0 Å². The van der Waals surface area contributed by atoms with Gasteiger partial charge in [-0.3, -0.25) is 4.79 Å². The van der Waals surface area contributed by atoms with Crippen molar-refractivity contribution in [3.63, 3.8) is 0 Å². The van der Waals surface area contributed by atoms with E-state index < -0.39 is 0 Å². The summed E-state index contributed by atoms with van der Waals surface area (Å²) >= 11 is 0. The Balaban J connectivity index is 1.90.